The first-order chi connectivity index (χ1) is 8.58. The Hall–Kier alpha value is -1.54. The molecule has 2 rings (SSSR count). The van der Waals surface area contributed by atoms with Crippen LogP contribution in [-0.2, 0) is 9.84 Å². The van der Waals surface area contributed by atoms with Gasteiger partial charge in [-0.1, -0.05) is 30.0 Å². The minimum Gasteiger partial charge on any atom is -0.368 e. The number of hydrogen-bond acceptors (Lipinski definition) is 6. The first kappa shape index (κ1) is 12.9. The number of H-pyrrole nitrogens is 1. The van der Waals surface area contributed by atoms with Crippen LogP contribution in [-0.4, -0.2) is 35.1 Å². The Labute approximate surface area is 109 Å². The number of hydrogen-bond donors (Lipinski definition) is 2. The summed E-state index contributed by atoms with van der Waals surface area (Å²) in [5.41, 5.74) is 5.37. The molecule has 0 aliphatic carbocycles. The van der Waals surface area contributed by atoms with Crippen molar-refractivity contribution in [3.8, 4) is 0 Å². The fraction of sp³-hybridized carbons (Fsp3) is 0.200. The Bertz CT molecular complexity index is 610. The minimum absolute atomic E-state index is 0.0378. The van der Waals surface area contributed by atoms with Gasteiger partial charge in [0.05, 0.1) is 10.6 Å². The smallest absolute Gasteiger partial charge is 0.216 e. The molecule has 0 fully saturated rings. The number of rotatable bonds is 5. The van der Waals surface area contributed by atoms with Crippen molar-refractivity contribution >= 4 is 27.5 Å². The Morgan fingerprint density at radius 1 is 1.28 bits per heavy atom. The summed E-state index contributed by atoms with van der Waals surface area (Å²) in [6, 6.07) is 8.37. The van der Waals surface area contributed by atoms with Crippen LogP contribution in [0.25, 0.3) is 0 Å². The maximum atomic E-state index is 11.9. The van der Waals surface area contributed by atoms with Crippen LogP contribution in [0, 0.1) is 0 Å². The number of aromatic nitrogens is 3. The van der Waals surface area contributed by atoms with Crippen LogP contribution in [0.2, 0.25) is 0 Å². The molecule has 1 aromatic carbocycles. The molecule has 0 saturated carbocycles. The molecule has 0 radical (unpaired) electrons. The Kier molecular flexibility index (Phi) is 3.87. The van der Waals surface area contributed by atoms with Gasteiger partial charge in [0.25, 0.3) is 0 Å². The van der Waals surface area contributed by atoms with E-state index >= 15 is 0 Å². The van der Waals surface area contributed by atoms with Crippen LogP contribution in [0.1, 0.15) is 0 Å². The van der Waals surface area contributed by atoms with Crippen LogP contribution >= 0.6 is 11.8 Å². The molecule has 3 N–H and O–H groups in total. The highest BCUT2D eigenvalue weighted by Crippen LogP contribution is 2.16. The van der Waals surface area contributed by atoms with Crippen LogP contribution in [0.3, 0.4) is 0 Å². The molecule has 2 aromatic rings. The fourth-order valence-corrected chi connectivity index (χ4v) is 3.79. The molecule has 96 valence electrons. The molecular weight excluding hydrogens is 272 g/mol. The van der Waals surface area contributed by atoms with E-state index in [1.807, 2.05) is 0 Å². The third kappa shape index (κ3) is 3.23. The van der Waals surface area contributed by atoms with Crippen molar-refractivity contribution in [1.82, 2.24) is 15.2 Å². The van der Waals surface area contributed by atoms with Gasteiger partial charge in [0.2, 0.25) is 11.1 Å². The summed E-state index contributed by atoms with van der Waals surface area (Å²) in [6.07, 6.45) is 0. The second-order valence-corrected chi connectivity index (χ2v) is 6.65. The highest BCUT2D eigenvalue weighted by molar-refractivity contribution is 8.00. The number of benzene rings is 1. The summed E-state index contributed by atoms with van der Waals surface area (Å²) in [5, 5.41) is 6.76. The Morgan fingerprint density at radius 2 is 2.00 bits per heavy atom. The van der Waals surface area contributed by atoms with Gasteiger partial charge in [-0.15, -0.1) is 5.10 Å². The van der Waals surface area contributed by atoms with E-state index in [0.717, 1.165) is 0 Å². The lowest BCUT2D eigenvalue weighted by atomic mass is 10.4. The number of aromatic amines is 1. The van der Waals surface area contributed by atoms with E-state index in [0.29, 0.717) is 15.8 Å². The number of nitrogens with zero attached hydrogens (tertiary/aromatic N) is 2. The number of nitrogens with two attached hydrogens (primary N) is 1. The lowest BCUT2D eigenvalue weighted by molar-refractivity contribution is 0.597. The van der Waals surface area contributed by atoms with E-state index in [1.54, 1.807) is 30.3 Å². The normalized spacial score (nSPS) is 11.6. The van der Waals surface area contributed by atoms with Crippen molar-refractivity contribution in [2.75, 3.05) is 17.2 Å². The first-order valence-corrected chi connectivity index (χ1v) is 7.80. The summed E-state index contributed by atoms with van der Waals surface area (Å²) in [6.45, 7) is 0. The van der Waals surface area contributed by atoms with Crippen molar-refractivity contribution < 1.29 is 8.42 Å². The molecule has 0 bridgehead atoms. The van der Waals surface area contributed by atoms with Gasteiger partial charge < -0.3 is 5.73 Å². The van der Waals surface area contributed by atoms with Crippen LogP contribution in [0.4, 0.5) is 5.95 Å². The summed E-state index contributed by atoms with van der Waals surface area (Å²) < 4.78 is 23.9. The molecule has 0 aliphatic rings. The van der Waals surface area contributed by atoms with Crippen LogP contribution < -0.4 is 5.73 Å². The maximum Gasteiger partial charge on any atom is 0.216 e. The summed E-state index contributed by atoms with van der Waals surface area (Å²) in [4.78, 5) is 4.22. The van der Waals surface area contributed by atoms with Gasteiger partial charge in [-0.2, -0.15) is 4.98 Å². The largest absolute Gasteiger partial charge is 0.368 e. The number of nitrogens with one attached hydrogen (secondary N) is 1. The van der Waals surface area contributed by atoms with Crippen molar-refractivity contribution in [2.45, 2.75) is 10.1 Å². The molecule has 0 amide bonds. The summed E-state index contributed by atoms with van der Waals surface area (Å²) >= 11 is 1.25. The monoisotopic (exact) mass is 284 g/mol. The number of anilines is 1. The number of thioether (sulfide) groups is 1. The zero-order valence-electron chi connectivity index (χ0n) is 9.41. The van der Waals surface area contributed by atoms with Crippen molar-refractivity contribution in [3.63, 3.8) is 0 Å². The molecule has 0 aliphatic heterocycles. The predicted molar refractivity (Wildman–Crippen MR) is 70.0 cm³/mol. The topological polar surface area (TPSA) is 102 Å². The number of nitrogen functional groups attached to an aromatic ring is 1. The molecular formula is C10H12N4O2S2. The molecule has 0 atom stereocenters. The fourth-order valence-electron chi connectivity index (χ4n) is 1.31. The average Bonchev–Trinajstić information content (AvgIpc) is 2.76. The van der Waals surface area contributed by atoms with E-state index in [2.05, 4.69) is 15.2 Å². The molecule has 0 saturated heterocycles. The first-order valence-electron chi connectivity index (χ1n) is 5.16. The summed E-state index contributed by atoms with van der Waals surface area (Å²) in [7, 11) is -3.24. The van der Waals surface area contributed by atoms with E-state index in [9.17, 15) is 8.42 Å². The highest BCUT2D eigenvalue weighted by atomic mass is 32.2. The van der Waals surface area contributed by atoms with Crippen molar-refractivity contribution in [2.24, 2.45) is 0 Å². The highest BCUT2D eigenvalue weighted by Gasteiger charge is 2.14. The van der Waals surface area contributed by atoms with Crippen molar-refractivity contribution in [1.29, 1.82) is 0 Å². The van der Waals surface area contributed by atoms with E-state index in [1.165, 1.54) is 11.8 Å². The van der Waals surface area contributed by atoms with Gasteiger partial charge in [0.15, 0.2) is 9.84 Å². The predicted octanol–water partition coefficient (Wildman–Crippen LogP) is 0.953. The Balaban J connectivity index is 1.94. The third-order valence-corrected chi connectivity index (χ3v) is 5.01. The van der Waals surface area contributed by atoms with Gasteiger partial charge in [-0.25, -0.2) is 13.5 Å². The van der Waals surface area contributed by atoms with E-state index < -0.39 is 9.84 Å². The molecule has 0 unspecified atom stereocenters. The molecule has 0 spiro atoms. The van der Waals surface area contributed by atoms with Gasteiger partial charge >= 0.3 is 0 Å². The van der Waals surface area contributed by atoms with E-state index in [4.69, 9.17) is 5.73 Å². The van der Waals surface area contributed by atoms with Crippen LogP contribution in [0.15, 0.2) is 40.4 Å². The third-order valence-electron chi connectivity index (χ3n) is 2.17. The van der Waals surface area contributed by atoms with Gasteiger partial charge in [0, 0.05) is 5.75 Å². The zero-order chi connectivity index (χ0) is 13.0. The SMILES string of the molecule is Nc1nc(SCCS(=O)(=O)c2ccccc2)n[nH]1. The van der Waals surface area contributed by atoms with Gasteiger partial charge in [-0.05, 0) is 12.1 Å². The molecule has 1 heterocycles. The summed E-state index contributed by atoms with van der Waals surface area (Å²) in [5.74, 6) is 0.647. The second-order valence-electron chi connectivity index (χ2n) is 3.48. The quantitative estimate of drug-likeness (QED) is 0.793. The standard InChI is InChI=1S/C10H12N4O2S2/c11-9-12-10(14-13-9)17-6-7-18(15,16)8-4-2-1-3-5-8/h1-5H,6-7H2,(H3,11,12,13,14). The van der Waals surface area contributed by atoms with Crippen molar-refractivity contribution in [3.05, 3.63) is 30.3 Å². The van der Waals surface area contributed by atoms with Crippen LogP contribution in [0.5, 0.6) is 0 Å². The minimum atomic E-state index is -3.24. The molecule has 8 heteroatoms. The molecule has 6 nitrogen and oxygen atoms in total. The number of sulfone groups is 1. The second kappa shape index (κ2) is 5.40. The molecule has 18 heavy (non-hydrogen) atoms. The van der Waals surface area contributed by atoms with Gasteiger partial charge in [0.1, 0.15) is 0 Å². The Morgan fingerprint density at radius 3 is 2.61 bits per heavy atom. The van der Waals surface area contributed by atoms with E-state index in [-0.39, 0.29) is 11.7 Å². The lowest BCUT2D eigenvalue weighted by Crippen LogP contribution is -2.08. The zero-order valence-corrected chi connectivity index (χ0v) is 11.0. The lowest BCUT2D eigenvalue weighted by Gasteiger charge is -2.02. The molecule has 1 aromatic heterocycles. The maximum absolute atomic E-state index is 11.9. The van der Waals surface area contributed by atoms with Gasteiger partial charge in [-0.3, -0.25) is 0 Å². The average molecular weight is 284 g/mol.